The van der Waals surface area contributed by atoms with Gasteiger partial charge in [-0.05, 0) is 43.2 Å². The number of ether oxygens (including phenoxy) is 1. The van der Waals surface area contributed by atoms with Gasteiger partial charge in [0.2, 0.25) is 0 Å². The molecule has 5 heteroatoms. The van der Waals surface area contributed by atoms with Gasteiger partial charge in [0, 0.05) is 24.7 Å². The Hall–Kier alpha value is -2.42. The van der Waals surface area contributed by atoms with Gasteiger partial charge in [-0.3, -0.25) is 4.90 Å². The minimum Gasteiger partial charge on any atom is -0.491 e. The molecule has 1 N–H and O–H groups in total. The Bertz CT molecular complexity index is 738. The Balaban J connectivity index is 1.53. The van der Waals surface area contributed by atoms with Crippen LogP contribution in [0.5, 0.6) is 5.75 Å². The molecule has 0 spiro atoms. The van der Waals surface area contributed by atoms with E-state index >= 15 is 0 Å². The predicted molar refractivity (Wildman–Crippen MR) is 92.5 cm³/mol. The van der Waals surface area contributed by atoms with Crippen molar-refractivity contribution < 1.29 is 14.2 Å². The SMILES string of the molecule is N#Cc1ccc(OCC(O)CN(Cc2ccccc2F)C2CC2)cc1. The summed E-state index contributed by atoms with van der Waals surface area (Å²) in [5, 5.41) is 19.1. The van der Waals surface area contributed by atoms with Crippen molar-refractivity contribution in [1.82, 2.24) is 4.90 Å². The molecule has 0 aromatic heterocycles. The van der Waals surface area contributed by atoms with Crippen LogP contribution in [0.2, 0.25) is 0 Å². The summed E-state index contributed by atoms with van der Waals surface area (Å²) in [6.07, 6.45) is 1.50. The topological polar surface area (TPSA) is 56.5 Å². The van der Waals surface area contributed by atoms with Crippen LogP contribution in [0.1, 0.15) is 24.0 Å². The van der Waals surface area contributed by atoms with E-state index in [1.807, 2.05) is 6.07 Å². The average molecular weight is 340 g/mol. The van der Waals surface area contributed by atoms with Crippen LogP contribution in [0, 0.1) is 17.1 Å². The van der Waals surface area contributed by atoms with Gasteiger partial charge in [-0.1, -0.05) is 18.2 Å². The van der Waals surface area contributed by atoms with Gasteiger partial charge in [0.15, 0.2) is 0 Å². The number of nitrogens with zero attached hydrogens (tertiary/aromatic N) is 2. The quantitative estimate of drug-likeness (QED) is 0.802. The van der Waals surface area contributed by atoms with Gasteiger partial charge >= 0.3 is 0 Å². The van der Waals surface area contributed by atoms with Crippen molar-refractivity contribution in [3.8, 4) is 11.8 Å². The van der Waals surface area contributed by atoms with Gasteiger partial charge < -0.3 is 9.84 Å². The molecule has 0 saturated heterocycles. The third-order valence-electron chi connectivity index (χ3n) is 4.27. The molecule has 25 heavy (non-hydrogen) atoms. The summed E-state index contributed by atoms with van der Waals surface area (Å²) in [6.45, 7) is 1.09. The van der Waals surface area contributed by atoms with E-state index in [-0.39, 0.29) is 12.4 Å². The second-order valence-electron chi connectivity index (χ2n) is 6.35. The Labute approximate surface area is 147 Å². The van der Waals surface area contributed by atoms with Gasteiger partial charge in [0.25, 0.3) is 0 Å². The van der Waals surface area contributed by atoms with Crippen molar-refractivity contribution in [1.29, 1.82) is 5.26 Å². The summed E-state index contributed by atoms with van der Waals surface area (Å²) in [7, 11) is 0. The van der Waals surface area contributed by atoms with E-state index in [9.17, 15) is 9.50 Å². The first-order valence-electron chi connectivity index (χ1n) is 8.44. The molecular weight excluding hydrogens is 319 g/mol. The fourth-order valence-electron chi connectivity index (χ4n) is 2.77. The molecule has 1 atom stereocenters. The second-order valence-corrected chi connectivity index (χ2v) is 6.35. The maximum Gasteiger partial charge on any atom is 0.127 e. The first kappa shape index (κ1) is 17.4. The summed E-state index contributed by atoms with van der Waals surface area (Å²) in [5.74, 6) is 0.404. The first-order chi connectivity index (χ1) is 12.2. The van der Waals surface area contributed by atoms with Crippen LogP contribution in [0.15, 0.2) is 48.5 Å². The lowest BCUT2D eigenvalue weighted by Gasteiger charge is -2.25. The molecule has 2 aromatic carbocycles. The lowest BCUT2D eigenvalue weighted by Crippen LogP contribution is -2.36. The lowest BCUT2D eigenvalue weighted by molar-refractivity contribution is 0.0622. The van der Waals surface area contributed by atoms with Crippen LogP contribution in [-0.4, -0.2) is 35.3 Å². The van der Waals surface area contributed by atoms with E-state index in [0.717, 1.165) is 12.8 Å². The monoisotopic (exact) mass is 340 g/mol. The number of rotatable bonds is 8. The number of nitriles is 1. The molecule has 130 valence electrons. The molecule has 0 bridgehead atoms. The zero-order valence-electron chi connectivity index (χ0n) is 13.9. The largest absolute Gasteiger partial charge is 0.491 e. The highest BCUT2D eigenvalue weighted by Crippen LogP contribution is 2.29. The molecule has 0 radical (unpaired) electrons. The van der Waals surface area contributed by atoms with Gasteiger partial charge in [0.1, 0.15) is 24.3 Å². The van der Waals surface area contributed by atoms with E-state index in [0.29, 0.717) is 36.0 Å². The number of halogens is 1. The smallest absolute Gasteiger partial charge is 0.127 e. The highest BCUT2D eigenvalue weighted by atomic mass is 19.1. The molecule has 1 unspecified atom stereocenters. The van der Waals surface area contributed by atoms with Crippen LogP contribution in [-0.2, 0) is 6.54 Å². The Morgan fingerprint density at radius 2 is 1.92 bits per heavy atom. The second kappa shape index (κ2) is 8.11. The summed E-state index contributed by atoms with van der Waals surface area (Å²) in [6, 6.07) is 16.0. The molecule has 1 saturated carbocycles. The molecular formula is C20H21FN2O2. The molecule has 0 amide bonds. The average Bonchev–Trinajstić information content (AvgIpc) is 3.47. The maximum absolute atomic E-state index is 13.9. The van der Waals surface area contributed by atoms with Crippen LogP contribution in [0.4, 0.5) is 4.39 Å². The summed E-state index contributed by atoms with van der Waals surface area (Å²) in [4.78, 5) is 2.12. The lowest BCUT2D eigenvalue weighted by atomic mass is 10.2. The number of benzene rings is 2. The van der Waals surface area contributed by atoms with Crippen LogP contribution >= 0.6 is 0 Å². The number of aliphatic hydroxyl groups excluding tert-OH is 1. The standard InChI is InChI=1S/C20H21FN2O2/c21-20-4-2-1-3-16(20)12-23(17-7-8-17)13-18(24)14-25-19-9-5-15(11-22)6-10-19/h1-6,9-10,17-18,24H,7-8,12-14H2. The van der Waals surface area contributed by atoms with Gasteiger partial charge in [-0.2, -0.15) is 5.26 Å². The van der Waals surface area contributed by atoms with Crippen LogP contribution in [0.25, 0.3) is 0 Å². The molecule has 1 aliphatic rings. The zero-order valence-corrected chi connectivity index (χ0v) is 13.9. The predicted octanol–water partition coefficient (Wildman–Crippen LogP) is 3.10. The highest BCUT2D eigenvalue weighted by Gasteiger charge is 2.30. The van der Waals surface area contributed by atoms with Crippen LogP contribution < -0.4 is 4.74 Å². The Kier molecular flexibility index (Phi) is 5.64. The molecule has 1 aliphatic carbocycles. The molecule has 0 aliphatic heterocycles. The first-order valence-corrected chi connectivity index (χ1v) is 8.44. The van der Waals surface area contributed by atoms with E-state index < -0.39 is 6.10 Å². The van der Waals surface area contributed by atoms with Crippen molar-refractivity contribution in [3.05, 3.63) is 65.5 Å². The highest BCUT2D eigenvalue weighted by molar-refractivity contribution is 5.34. The van der Waals surface area contributed by atoms with Crippen molar-refractivity contribution in [2.24, 2.45) is 0 Å². The number of hydrogen-bond acceptors (Lipinski definition) is 4. The van der Waals surface area contributed by atoms with Gasteiger partial charge in [-0.25, -0.2) is 4.39 Å². The Morgan fingerprint density at radius 3 is 2.56 bits per heavy atom. The fourth-order valence-corrected chi connectivity index (χ4v) is 2.77. The van der Waals surface area contributed by atoms with Crippen molar-refractivity contribution >= 4 is 0 Å². The van der Waals surface area contributed by atoms with Gasteiger partial charge in [-0.15, -0.1) is 0 Å². The summed E-state index contributed by atoms with van der Waals surface area (Å²) in [5.41, 5.74) is 1.22. The molecule has 1 fully saturated rings. The Morgan fingerprint density at radius 1 is 1.20 bits per heavy atom. The fraction of sp³-hybridized carbons (Fsp3) is 0.350. The minimum atomic E-state index is -0.664. The van der Waals surface area contributed by atoms with E-state index in [2.05, 4.69) is 11.0 Å². The summed E-state index contributed by atoms with van der Waals surface area (Å²) >= 11 is 0. The number of hydrogen-bond donors (Lipinski definition) is 1. The van der Waals surface area contributed by atoms with E-state index in [1.165, 1.54) is 6.07 Å². The third-order valence-corrected chi connectivity index (χ3v) is 4.27. The third kappa shape index (κ3) is 5.02. The normalized spacial score (nSPS) is 15.0. The summed E-state index contributed by atoms with van der Waals surface area (Å²) < 4.78 is 19.4. The van der Waals surface area contributed by atoms with Crippen molar-refractivity contribution in [2.45, 2.75) is 31.5 Å². The van der Waals surface area contributed by atoms with Crippen LogP contribution in [0.3, 0.4) is 0 Å². The zero-order chi connectivity index (χ0) is 17.6. The van der Waals surface area contributed by atoms with E-state index in [1.54, 1.807) is 36.4 Å². The molecule has 3 rings (SSSR count). The van der Waals surface area contributed by atoms with Crippen molar-refractivity contribution in [2.75, 3.05) is 13.2 Å². The van der Waals surface area contributed by atoms with Crippen molar-refractivity contribution in [3.63, 3.8) is 0 Å². The molecule has 0 heterocycles. The minimum absolute atomic E-state index is 0.159. The molecule has 4 nitrogen and oxygen atoms in total. The van der Waals surface area contributed by atoms with E-state index in [4.69, 9.17) is 10.00 Å². The number of aliphatic hydroxyl groups is 1. The maximum atomic E-state index is 13.9. The van der Waals surface area contributed by atoms with Gasteiger partial charge in [0.05, 0.1) is 11.6 Å². The molecule has 2 aromatic rings.